The topological polar surface area (TPSA) is 41.5 Å². The van der Waals surface area contributed by atoms with E-state index in [0.29, 0.717) is 17.9 Å². The highest BCUT2D eigenvalue weighted by molar-refractivity contribution is 5.33. The smallest absolute Gasteiger partial charge is 0.122 e. The number of para-hydroxylation sites is 1. The van der Waals surface area contributed by atoms with E-state index in [0.717, 1.165) is 38.0 Å². The van der Waals surface area contributed by atoms with Gasteiger partial charge in [0.15, 0.2) is 0 Å². The summed E-state index contributed by atoms with van der Waals surface area (Å²) in [6, 6.07) is 8.72. The minimum atomic E-state index is -0.0905. The first-order chi connectivity index (χ1) is 10.6. The summed E-state index contributed by atoms with van der Waals surface area (Å²) in [5.74, 6) is 2.16. The second kappa shape index (κ2) is 8.54. The summed E-state index contributed by atoms with van der Waals surface area (Å²) in [5.41, 5.74) is 1.26. The van der Waals surface area contributed by atoms with E-state index in [4.69, 9.17) is 4.74 Å². The zero-order valence-corrected chi connectivity index (χ0v) is 14.2. The van der Waals surface area contributed by atoms with Crippen LogP contribution in [-0.2, 0) is 6.42 Å². The van der Waals surface area contributed by atoms with Crippen LogP contribution in [0.1, 0.15) is 45.1 Å². The van der Waals surface area contributed by atoms with Crippen molar-refractivity contribution in [2.24, 2.45) is 11.8 Å². The summed E-state index contributed by atoms with van der Waals surface area (Å²) >= 11 is 0. The molecule has 0 heterocycles. The van der Waals surface area contributed by atoms with Crippen molar-refractivity contribution >= 4 is 0 Å². The molecule has 124 valence electrons. The van der Waals surface area contributed by atoms with Crippen LogP contribution in [-0.4, -0.2) is 30.9 Å². The Balaban J connectivity index is 1.92. The third kappa shape index (κ3) is 4.99. The lowest BCUT2D eigenvalue weighted by Gasteiger charge is -2.30. The number of hydrogen-bond acceptors (Lipinski definition) is 3. The molecule has 3 unspecified atom stereocenters. The van der Waals surface area contributed by atoms with Crippen molar-refractivity contribution < 1.29 is 9.84 Å². The molecule has 0 saturated heterocycles. The van der Waals surface area contributed by atoms with E-state index in [-0.39, 0.29) is 6.10 Å². The summed E-state index contributed by atoms with van der Waals surface area (Å²) in [6.07, 6.45) is 5.22. The molecule has 1 aromatic carbocycles. The van der Waals surface area contributed by atoms with Gasteiger partial charge in [0.25, 0.3) is 0 Å². The zero-order chi connectivity index (χ0) is 15.9. The summed E-state index contributed by atoms with van der Waals surface area (Å²) < 4.78 is 5.47. The minimum absolute atomic E-state index is 0.0905. The molecule has 2 rings (SSSR count). The van der Waals surface area contributed by atoms with Gasteiger partial charge in [0.1, 0.15) is 5.75 Å². The van der Waals surface area contributed by atoms with Crippen LogP contribution < -0.4 is 10.1 Å². The first-order valence-corrected chi connectivity index (χ1v) is 8.63. The highest BCUT2D eigenvalue weighted by Gasteiger charge is 2.22. The molecular formula is C19H31NO2. The van der Waals surface area contributed by atoms with Crippen LogP contribution in [0, 0.1) is 11.8 Å². The van der Waals surface area contributed by atoms with Crippen molar-refractivity contribution in [3.8, 4) is 5.75 Å². The Morgan fingerprint density at radius 2 is 2.05 bits per heavy atom. The van der Waals surface area contributed by atoms with Crippen LogP contribution in [0.4, 0.5) is 0 Å². The van der Waals surface area contributed by atoms with Gasteiger partial charge in [0.05, 0.1) is 13.2 Å². The quantitative estimate of drug-likeness (QED) is 0.811. The van der Waals surface area contributed by atoms with E-state index in [1.54, 1.807) is 7.11 Å². The number of methoxy groups -OCH3 is 1. The van der Waals surface area contributed by atoms with Crippen LogP contribution in [0.15, 0.2) is 24.3 Å². The third-order valence-electron chi connectivity index (χ3n) is 4.86. The largest absolute Gasteiger partial charge is 0.496 e. The maximum absolute atomic E-state index is 9.81. The van der Waals surface area contributed by atoms with E-state index in [2.05, 4.69) is 31.3 Å². The number of ether oxygens (including phenoxy) is 1. The van der Waals surface area contributed by atoms with E-state index >= 15 is 0 Å². The van der Waals surface area contributed by atoms with Gasteiger partial charge in [-0.25, -0.2) is 0 Å². The molecule has 0 aromatic heterocycles. The van der Waals surface area contributed by atoms with Crippen molar-refractivity contribution in [2.75, 3.05) is 13.7 Å². The fraction of sp³-hybridized carbons (Fsp3) is 0.684. The van der Waals surface area contributed by atoms with Crippen LogP contribution >= 0.6 is 0 Å². The molecule has 0 spiro atoms. The SMILES string of the molecule is COc1ccccc1CC(NCC1CCCC(O)C1)C(C)C. The Labute approximate surface area is 135 Å². The van der Waals surface area contributed by atoms with Gasteiger partial charge in [0, 0.05) is 6.04 Å². The van der Waals surface area contributed by atoms with Gasteiger partial charge < -0.3 is 15.2 Å². The van der Waals surface area contributed by atoms with Crippen LogP contribution in [0.3, 0.4) is 0 Å². The zero-order valence-electron chi connectivity index (χ0n) is 14.2. The normalized spacial score (nSPS) is 23.5. The molecule has 2 N–H and O–H groups in total. The Kier molecular flexibility index (Phi) is 6.71. The first-order valence-electron chi connectivity index (χ1n) is 8.63. The number of aliphatic hydroxyl groups excluding tert-OH is 1. The predicted octanol–water partition coefficient (Wildman–Crippen LogP) is 3.40. The highest BCUT2D eigenvalue weighted by atomic mass is 16.5. The van der Waals surface area contributed by atoms with E-state index in [1.807, 2.05) is 12.1 Å². The number of benzene rings is 1. The maximum Gasteiger partial charge on any atom is 0.122 e. The number of rotatable bonds is 7. The number of nitrogens with one attached hydrogen (secondary N) is 1. The predicted molar refractivity (Wildman–Crippen MR) is 91.3 cm³/mol. The lowest BCUT2D eigenvalue weighted by molar-refractivity contribution is 0.0989. The fourth-order valence-electron chi connectivity index (χ4n) is 3.42. The summed E-state index contributed by atoms with van der Waals surface area (Å²) in [5, 5.41) is 13.6. The molecule has 0 amide bonds. The molecule has 0 bridgehead atoms. The Bertz CT molecular complexity index is 447. The number of hydrogen-bond donors (Lipinski definition) is 2. The molecule has 3 atom stereocenters. The summed E-state index contributed by atoms with van der Waals surface area (Å²) in [6.45, 7) is 5.54. The van der Waals surface area contributed by atoms with Crippen LogP contribution in [0.2, 0.25) is 0 Å². The van der Waals surface area contributed by atoms with Gasteiger partial charge in [-0.1, -0.05) is 38.5 Å². The van der Waals surface area contributed by atoms with Crippen LogP contribution in [0.5, 0.6) is 5.75 Å². The highest BCUT2D eigenvalue weighted by Crippen LogP contribution is 2.25. The summed E-state index contributed by atoms with van der Waals surface area (Å²) in [7, 11) is 1.74. The van der Waals surface area contributed by atoms with E-state index in [9.17, 15) is 5.11 Å². The molecule has 1 aromatic rings. The van der Waals surface area contributed by atoms with Gasteiger partial charge in [0.2, 0.25) is 0 Å². The fourth-order valence-corrected chi connectivity index (χ4v) is 3.42. The second-order valence-electron chi connectivity index (χ2n) is 6.96. The van der Waals surface area contributed by atoms with Crippen molar-refractivity contribution in [3.63, 3.8) is 0 Å². The Morgan fingerprint density at radius 3 is 2.73 bits per heavy atom. The van der Waals surface area contributed by atoms with Gasteiger partial charge in [-0.2, -0.15) is 0 Å². The van der Waals surface area contributed by atoms with Crippen LogP contribution in [0.25, 0.3) is 0 Å². The molecule has 3 heteroatoms. The van der Waals surface area contributed by atoms with Crippen molar-refractivity contribution in [1.29, 1.82) is 0 Å². The Hall–Kier alpha value is -1.06. The van der Waals surface area contributed by atoms with E-state index in [1.165, 1.54) is 12.0 Å². The van der Waals surface area contributed by atoms with E-state index < -0.39 is 0 Å². The lowest BCUT2D eigenvalue weighted by atomic mass is 9.86. The maximum atomic E-state index is 9.81. The van der Waals surface area contributed by atoms with Crippen molar-refractivity contribution in [1.82, 2.24) is 5.32 Å². The molecular weight excluding hydrogens is 274 g/mol. The molecule has 1 aliphatic carbocycles. The summed E-state index contributed by atoms with van der Waals surface area (Å²) in [4.78, 5) is 0. The third-order valence-corrected chi connectivity index (χ3v) is 4.86. The lowest BCUT2D eigenvalue weighted by Crippen LogP contribution is -2.40. The van der Waals surface area contributed by atoms with Crippen molar-refractivity contribution in [3.05, 3.63) is 29.8 Å². The molecule has 1 saturated carbocycles. The molecule has 3 nitrogen and oxygen atoms in total. The molecule has 1 aliphatic rings. The Morgan fingerprint density at radius 1 is 1.27 bits per heavy atom. The van der Waals surface area contributed by atoms with Gasteiger partial charge >= 0.3 is 0 Å². The molecule has 1 fully saturated rings. The standard InChI is InChI=1S/C19H31NO2/c1-14(2)18(12-16-8-4-5-10-19(16)22-3)20-13-15-7-6-9-17(21)11-15/h4-5,8,10,14-15,17-18,20-21H,6-7,9,11-13H2,1-3H3. The minimum Gasteiger partial charge on any atom is -0.496 e. The number of aliphatic hydroxyl groups is 1. The van der Waals surface area contributed by atoms with Crippen molar-refractivity contribution in [2.45, 2.75) is 58.1 Å². The van der Waals surface area contributed by atoms with Gasteiger partial charge in [-0.3, -0.25) is 0 Å². The average Bonchev–Trinajstić information content (AvgIpc) is 2.51. The first kappa shape index (κ1) is 17.3. The van der Waals surface area contributed by atoms with Gasteiger partial charge in [-0.15, -0.1) is 0 Å². The molecule has 0 aliphatic heterocycles. The monoisotopic (exact) mass is 305 g/mol. The van der Waals surface area contributed by atoms with Gasteiger partial charge in [-0.05, 0) is 55.7 Å². The average molecular weight is 305 g/mol. The molecule has 0 radical (unpaired) electrons. The second-order valence-corrected chi connectivity index (χ2v) is 6.96. The molecule has 22 heavy (non-hydrogen) atoms.